The van der Waals surface area contributed by atoms with Gasteiger partial charge in [0, 0.05) is 5.56 Å². The molecule has 0 saturated carbocycles. The number of nitrogens with zero attached hydrogens (tertiary/aromatic N) is 1. The van der Waals surface area contributed by atoms with Gasteiger partial charge in [0.2, 0.25) is 5.60 Å². The summed E-state index contributed by atoms with van der Waals surface area (Å²) in [5.41, 5.74) is -1.67. The zero-order valence-corrected chi connectivity index (χ0v) is 15.0. The third-order valence-corrected chi connectivity index (χ3v) is 4.87. The van der Waals surface area contributed by atoms with Crippen molar-refractivity contribution in [2.24, 2.45) is 0 Å². The maximum Gasteiger partial charge on any atom is 0.416 e. The van der Waals surface area contributed by atoms with Gasteiger partial charge in [-0.1, -0.05) is 18.2 Å². The molecule has 0 bridgehead atoms. The number of nitrogens with one attached hydrogen (secondary N) is 2. The van der Waals surface area contributed by atoms with Gasteiger partial charge in [-0.25, -0.2) is 9.59 Å². The van der Waals surface area contributed by atoms with Crippen LogP contribution in [0.1, 0.15) is 23.6 Å². The molecule has 1 atom stereocenters. The van der Waals surface area contributed by atoms with Crippen molar-refractivity contribution in [3.63, 3.8) is 0 Å². The number of hydrogen-bond acceptors (Lipinski definition) is 4. The number of carbonyl (C=O) groups excluding carboxylic acids is 2. The zero-order chi connectivity index (χ0) is 21.0. The number of amides is 2. The van der Waals surface area contributed by atoms with Crippen LogP contribution in [0.2, 0.25) is 0 Å². The van der Waals surface area contributed by atoms with E-state index in [0.717, 1.165) is 12.1 Å². The lowest BCUT2D eigenvalue weighted by Gasteiger charge is -2.20. The van der Waals surface area contributed by atoms with E-state index in [9.17, 15) is 27.6 Å². The standard InChI is InChI=1S/C19H14F3N3O4/c1-18(15(26)24-17(28)29-18)11-4-2-3-10(7-11)9-25-14-8-12(19(20,21)22)5-6-13(14)23-16(25)27/h2-8H,9H2,1H3,(H,23,27)(H,24,26,28)/t18-/m1/s1. The highest BCUT2D eigenvalue weighted by molar-refractivity contribution is 6.03. The Balaban J connectivity index is 1.74. The Morgan fingerprint density at radius 3 is 2.52 bits per heavy atom. The van der Waals surface area contributed by atoms with Crippen LogP contribution in [0.5, 0.6) is 0 Å². The molecule has 0 aliphatic carbocycles. The van der Waals surface area contributed by atoms with Gasteiger partial charge < -0.3 is 9.72 Å². The first kappa shape index (κ1) is 18.8. The number of alkyl halides is 3. The SMILES string of the molecule is C[C@]1(c2cccc(Cn3c(=O)[nH]c4ccc(C(F)(F)F)cc43)c2)OC(=O)NC1=O. The summed E-state index contributed by atoms with van der Waals surface area (Å²) in [5.74, 6) is -0.626. The quantitative estimate of drug-likeness (QED) is 0.701. The normalized spacial score (nSPS) is 19.4. The minimum absolute atomic E-state index is 0.0420. The van der Waals surface area contributed by atoms with Crippen LogP contribution in [0.25, 0.3) is 11.0 Å². The number of cyclic esters (lactones) is 1. The monoisotopic (exact) mass is 405 g/mol. The molecule has 3 aromatic rings. The molecule has 1 aliphatic rings. The summed E-state index contributed by atoms with van der Waals surface area (Å²) < 4.78 is 45.4. The van der Waals surface area contributed by atoms with Gasteiger partial charge in [0.1, 0.15) is 0 Å². The van der Waals surface area contributed by atoms with Crippen molar-refractivity contribution in [3.05, 3.63) is 69.6 Å². The molecule has 1 saturated heterocycles. The van der Waals surface area contributed by atoms with E-state index < -0.39 is 35.0 Å². The molecular weight excluding hydrogens is 391 g/mol. The Kier molecular flexibility index (Phi) is 4.03. The van der Waals surface area contributed by atoms with Crippen LogP contribution in [0.4, 0.5) is 18.0 Å². The average Bonchev–Trinajstić information content (AvgIpc) is 3.10. The van der Waals surface area contributed by atoms with Crippen LogP contribution in [-0.2, 0) is 27.9 Å². The number of halogens is 3. The smallest absolute Gasteiger partial charge is 0.416 e. The van der Waals surface area contributed by atoms with E-state index in [-0.39, 0.29) is 17.6 Å². The second-order valence-corrected chi connectivity index (χ2v) is 6.82. The van der Waals surface area contributed by atoms with Crippen LogP contribution >= 0.6 is 0 Å². The summed E-state index contributed by atoms with van der Waals surface area (Å²) in [4.78, 5) is 38.3. The lowest BCUT2D eigenvalue weighted by atomic mass is 9.94. The molecule has 1 aromatic heterocycles. The number of benzene rings is 2. The average molecular weight is 405 g/mol. The third kappa shape index (κ3) is 3.16. The van der Waals surface area contributed by atoms with Gasteiger partial charge in [0.15, 0.2) is 0 Å². The summed E-state index contributed by atoms with van der Waals surface area (Å²) in [5, 5.41) is 2.06. The fourth-order valence-electron chi connectivity index (χ4n) is 3.29. The molecule has 1 aliphatic heterocycles. The van der Waals surface area contributed by atoms with Crippen LogP contribution < -0.4 is 11.0 Å². The molecule has 0 unspecified atom stereocenters. The molecule has 0 spiro atoms. The van der Waals surface area contributed by atoms with Crippen LogP contribution in [0.15, 0.2) is 47.3 Å². The number of aromatic amines is 1. The summed E-state index contributed by atoms with van der Waals surface area (Å²) in [7, 11) is 0. The van der Waals surface area contributed by atoms with Crippen molar-refractivity contribution in [1.82, 2.24) is 14.9 Å². The topological polar surface area (TPSA) is 93.2 Å². The van der Waals surface area contributed by atoms with Crippen LogP contribution in [-0.4, -0.2) is 21.6 Å². The van der Waals surface area contributed by atoms with Gasteiger partial charge in [0.05, 0.1) is 23.1 Å². The van der Waals surface area contributed by atoms with Gasteiger partial charge in [-0.05, 0) is 36.8 Å². The van der Waals surface area contributed by atoms with Gasteiger partial charge in [-0.2, -0.15) is 13.2 Å². The van der Waals surface area contributed by atoms with E-state index in [1.54, 1.807) is 24.3 Å². The Hall–Kier alpha value is -3.56. The number of hydrogen-bond donors (Lipinski definition) is 2. The van der Waals surface area contributed by atoms with Crippen molar-refractivity contribution >= 4 is 23.0 Å². The number of H-pyrrole nitrogens is 1. The highest BCUT2D eigenvalue weighted by atomic mass is 19.4. The highest BCUT2D eigenvalue weighted by Gasteiger charge is 2.46. The lowest BCUT2D eigenvalue weighted by molar-refractivity contribution is -0.137. The predicted octanol–water partition coefficient (Wildman–Crippen LogP) is 2.88. The molecule has 2 amide bonds. The number of fused-ring (bicyclic) bond motifs is 1. The van der Waals surface area contributed by atoms with Crippen LogP contribution in [0, 0.1) is 0 Å². The molecule has 2 N–H and O–H groups in total. The second-order valence-electron chi connectivity index (χ2n) is 6.82. The highest BCUT2D eigenvalue weighted by Crippen LogP contribution is 2.32. The number of imide groups is 1. The van der Waals surface area contributed by atoms with E-state index in [2.05, 4.69) is 10.3 Å². The first-order valence-electron chi connectivity index (χ1n) is 8.51. The van der Waals surface area contributed by atoms with Crippen molar-refractivity contribution < 1.29 is 27.5 Å². The van der Waals surface area contributed by atoms with E-state index in [0.29, 0.717) is 11.1 Å². The Morgan fingerprint density at radius 1 is 1.10 bits per heavy atom. The predicted molar refractivity (Wildman–Crippen MR) is 95.1 cm³/mol. The number of rotatable bonds is 3. The van der Waals surface area contributed by atoms with Gasteiger partial charge in [-0.3, -0.25) is 14.7 Å². The van der Waals surface area contributed by atoms with E-state index in [1.165, 1.54) is 17.6 Å². The van der Waals surface area contributed by atoms with Crippen LogP contribution in [0.3, 0.4) is 0 Å². The first-order chi connectivity index (χ1) is 13.6. The molecule has 0 radical (unpaired) electrons. The maximum absolute atomic E-state index is 13.0. The van der Waals surface area contributed by atoms with Crippen molar-refractivity contribution in [3.8, 4) is 0 Å². The van der Waals surface area contributed by atoms with E-state index in [4.69, 9.17) is 4.74 Å². The summed E-state index contributed by atoms with van der Waals surface area (Å²) >= 11 is 0. The van der Waals surface area contributed by atoms with Gasteiger partial charge in [0.25, 0.3) is 5.91 Å². The molecule has 2 aromatic carbocycles. The largest absolute Gasteiger partial charge is 0.428 e. The number of ether oxygens (including phenoxy) is 1. The molecule has 7 nitrogen and oxygen atoms in total. The number of alkyl carbamates (subject to hydrolysis) is 1. The summed E-state index contributed by atoms with van der Waals surface area (Å²) in [6.07, 6.45) is -5.41. The Bertz CT molecular complexity index is 1210. The molecule has 10 heteroatoms. The van der Waals surface area contributed by atoms with Crippen molar-refractivity contribution in [1.29, 1.82) is 0 Å². The van der Waals surface area contributed by atoms with Gasteiger partial charge >= 0.3 is 18.0 Å². The molecule has 29 heavy (non-hydrogen) atoms. The molecule has 2 heterocycles. The third-order valence-electron chi connectivity index (χ3n) is 4.87. The van der Waals surface area contributed by atoms with E-state index in [1.807, 2.05) is 0 Å². The summed E-state index contributed by atoms with van der Waals surface area (Å²) in [6.45, 7) is 1.39. The number of carbonyl (C=O) groups is 2. The minimum Gasteiger partial charge on any atom is -0.428 e. The zero-order valence-electron chi connectivity index (χ0n) is 15.0. The van der Waals surface area contributed by atoms with Crippen molar-refractivity contribution in [2.75, 3.05) is 0 Å². The molecule has 4 rings (SSSR count). The molecule has 150 valence electrons. The first-order valence-corrected chi connectivity index (χ1v) is 8.51. The Labute approximate surface area is 161 Å². The summed E-state index contributed by atoms with van der Waals surface area (Å²) in [6, 6.07) is 9.42. The molecular formula is C19H14F3N3O4. The fraction of sp³-hybridized carbons (Fsp3) is 0.211. The fourth-order valence-corrected chi connectivity index (χ4v) is 3.29. The van der Waals surface area contributed by atoms with E-state index >= 15 is 0 Å². The Morgan fingerprint density at radius 2 is 1.86 bits per heavy atom. The number of aromatic nitrogens is 2. The maximum atomic E-state index is 13.0. The lowest BCUT2D eigenvalue weighted by Crippen LogP contribution is -2.33. The van der Waals surface area contributed by atoms with Crippen molar-refractivity contribution in [2.45, 2.75) is 25.2 Å². The molecule has 1 fully saturated rings. The number of imidazole rings is 1. The second kappa shape index (κ2) is 6.23. The minimum atomic E-state index is -4.54. The van der Waals surface area contributed by atoms with Gasteiger partial charge in [-0.15, -0.1) is 0 Å².